The molecule has 6 nitrogen and oxygen atoms in total. The van der Waals surface area contributed by atoms with Crippen molar-refractivity contribution in [3.05, 3.63) is 67.1 Å². The molecule has 1 aliphatic rings. The van der Waals surface area contributed by atoms with Gasteiger partial charge in [-0.25, -0.2) is 4.98 Å². The molecular formula is C23H22FN5O. The molecule has 2 aromatic carbocycles. The van der Waals surface area contributed by atoms with E-state index >= 15 is 0 Å². The van der Waals surface area contributed by atoms with Crippen molar-refractivity contribution in [3.8, 4) is 11.3 Å². The Morgan fingerprint density at radius 2 is 1.90 bits per heavy atom. The molecule has 0 unspecified atom stereocenters. The van der Waals surface area contributed by atoms with E-state index in [0.29, 0.717) is 6.54 Å². The summed E-state index contributed by atoms with van der Waals surface area (Å²) in [5.41, 5.74) is 5.56. The first-order valence-corrected chi connectivity index (χ1v) is 10.2. The summed E-state index contributed by atoms with van der Waals surface area (Å²) in [5.74, 6) is 0.748. The maximum absolute atomic E-state index is 11.9. The molecule has 152 valence electrons. The molecule has 0 aliphatic heterocycles. The van der Waals surface area contributed by atoms with E-state index in [9.17, 15) is 4.53 Å². The topological polar surface area (TPSA) is 56.1 Å². The first-order valence-electron chi connectivity index (χ1n) is 10.2. The molecule has 30 heavy (non-hydrogen) atoms. The number of aromatic nitrogens is 4. The summed E-state index contributed by atoms with van der Waals surface area (Å²) in [6.07, 6.45) is 7.86. The minimum atomic E-state index is -0.0375. The van der Waals surface area contributed by atoms with Gasteiger partial charge in [0.1, 0.15) is 6.61 Å². The van der Waals surface area contributed by atoms with Gasteiger partial charge in [0.05, 0.1) is 35.7 Å². The van der Waals surface area contributed by atoms with E-state index in [1.807, 2.05) is 18.3 Å². The van der Waals surface area contributed by atoms with Crippen molar-refractivity contribution >= 4 is 22.4 Å². The Morgan fingerprint density at radius 1 is 1.03 bits per heavy atom. The number of para-hydroxylation sites is 1. The van der Waals surface area contributed by atoms with E-state index in [2.05, 4.69) is 56.3 Å². The molecule has 4 aromatic rings. The Balaban J connectivity index is 1.48. The van der Waals surface area contributed by atoms with Crippen LogP contribution in [0.4, 0.5) is 15.9 Å². The number of halogens is 1. The lowest BCUT2D eigenvalue weighted by molar-refractivity contribution is -0.135. The fourth-order valence-corrected chi connectivity index (χ4v) is 3.58. The Kier molecular flexibility index (Phi) is 5.11. The summed E-state index contributed by atoms with van der Waals surface area (Å²) in [4.78, 5) is 15.4. The summed E-state index contributed by atoms with van der Waals surface area (Å²) >= 11 is 0. The Morgan fingerprint density at radius 3 is 2.70 bits per heavy atom. The van der Waals surface area contributed by atoms with Crippen LogP contribution < -0.4 is 4.90 Å². The molecule has 0 radical (unpaired) electrons. The van der Waals surface area contributed by atoms with Gasteiger partial charge in [-0.05, 0) is 53.6 Å². The van der Waals surface area contributed by atoms with E-state index in [4.69, 9.17) is 4.98 Å². The smallest absolute Gasteiger partial charge is 0.107 e. The first-order chi connectivity index (χ1) is 14.8. The molecule has 1 saturated carbocycles. The lowest BCUT2D eigenvalue weighted by Gasteiger charge is -2.25. The zero-order valence-corrected chi connectivity index (χ0v) is 16.5. The normalized spacial score (nSPS) is 13.6. The first kappa shape index (κ1) is 18.7. The van der Waals surface area contributed by atoms with Gasteiger partial charge in [-0.1, -0.05) is 18.2 Å². The van der Waals surface area contributed by atoms with Crippen LogP contribution in [0, 0.1) is 5.92 Å². The maximum atomic E-state index is 11.9. The molecule has 0 N–H and O–H groups in total. The summed E-state index contributed by atoms with van der Waals surface area (Å²) in [5, 5.41) is 4.23. The van der Waals surface area contributed by atoms with Crippen molar-refractivity contribution in [2.75, 3.05) is 18.1 Å². The number of rotatable bonds is 8. The van der Waals surface area contributed by atoms with Crippen LogP contribution in [0.2, 0.25) is 0 Å². The summed E-state index contributed by atoms with van der Waals surface area (Å²) < 4.78 is 13.6. The van der Waals surface area contributed by atoms with Gasteiger partial charge in [0.15, 0.2) is 0 Å². The van der Waals surface area contributed by atoms with Crippen LogP contribution in [-0.2, 0) is 11.5 Å². The zero-order valence-electron chi connectivity index (χ0n) is 16.5. The van der Waals surface area contributed by atoms with Crippen molar-refractivity contribution in [2.24, 2.45) is 5.92 Å². The second kappa shape index (κ2) is 8.20. The molecule has 1 aliphatic carbocycles. The van der Waals surface area contributed by atoms with Gasteiger partial charge < -0.3 is 4.90 Å². The summed E-state index contributed by atoms with van der Waals surface area (Å²) in [6, 6.07) is 16.7. The van der Waals surface area contributed by atoms with Crippen molar-refractivity contribution in [1.29, 1.82) is 0 Å². The van der Waals surface area contributed by atoms with Gasteiger partial charge in [-0.15, -0.1) is 0 Å². The van der Waals surface area contributed by atoms with E-state index in [-0.39, 0.29) is 6.61 Å². The Hall–Kier alpha value is -3.32. The van der Waals surface area contributed by atoms with Crippen molar-refractivity contribution in [3.63, 3.8) is 0 Å². The molecular weight excluding hydrogens is 381 g/mol. The molecule has 0 bridgehead atoms. The lowest BCUT2D eigenvalue weighted by Crippen LogP contribution is -2.19. The highest BCUT2D eigenvalue weighted by molar-refractivity contribution is 5.82. The molecule has 0 spiro atoms. The van der Waals surface area contributed by atoms with Crippen LogP contribution in [0.3, 0.4) is 0 Å². The number of benzene rings is 2. The molecule has 2 heterocycles. The quantitative estimate of drug-likeness (QED) is 0.417. The number of nitrogens with zero attached hydrogens (tertiary/aromatic N) is 5. The Bertz CT molecular complexity index is 1140. The van der Waals surface area contributed by atoms with Crippen LogP contribution >= 0.6 is 0 Å². The number of hydrogen-bond donors (Lipinski definition) is 0. The van der Waals surface area contributed by atoms with Crippen molar-refractivity contribution in [2.45, 2.75) is 19.4 Å². The van der Waals surface area contributed by atoms with Crippen LogP contribution in [0.25, 0.3) is 22.3 Å². The molecule has 7 heteroatoms. The van der Waals surface area contributed by atoms with Crippen LogP contribution in [0.5, 0.6) is 0 Å². The highest BCUT2D eigenvalue weighted by Crippen LogP contribution is 2.36. The molecule has 2 aromatic heterocycles. The van der Waals surface area contributed by atoms with Crippen LogP contribution in [0.1, 0.15) is 12.8 Å². The highest BCUT2D eigenvalue weighted by Gasteiger charge is 2.25. The second-order valence-corrected chi connectivity index (χ2v) is 7.62. The SMILES string of the molecule is FOCCn1cc(-c2cnc3ccc(N(CC4CC4)c4ccccc4)cc3n2)cn1. The molecule has 1 fully saturated rings. The predicted molar refractivity (Wildman–Crippen MR) is 114 cm³/mol. The minimum absolute atomic E-state index is 0.0375. The number of hydrogen-bond acceptors (Lipinski definition) is 5. The highest BCUT2D eigenvalue weighted by atomic mass is 19.3. The third-order valence-corrected chi connectivity index (χ3v) is 5.37. The molecule has 0 saturated heterocycles. The van der Waals surface area contributed by atoms with Crippen LogP contribution in [-0.4, -0.2) is 32.9 Å². The fraction of sp³-hybridized carbons (Fsp3) is 0.261. The predicted octanol–water partition coefficient (Wildman–Crippen LogP) is 4.94. The average molecular weight is 403 g/mol. The van der Waals surface area contributed by atoms with Gasteiger partial charge in [-0.2, -0.15) is 10.0 Å². The van der Waals surface area contributed by atoms with Crippen LogP contribution in [0.15, 0.2) is 67.1 Å². The Labute approximate surface area is 173 Å². The standard InChI is InChI=1S/C23H22FN5O/c24-30-11-10-28-16-18(13-26-28)23-14-25-21-9-8-20(12-22(21)27-23)29(15-17-6-7-17)19-4-2-1-3-5-19/h1-5,8-9,12-14,16-17H,6-7,10-11,15H2. The number of anilines is 2. The summed E-state index contributed by atoms with van der Waals surface area (Å²) in [7, 11) is 0. The number of fused-ring (bicyclic) bond motifs is 1. The van der Waals surface area contributed by atoms with Gasteiger partial charge in [-0.3, -0.25) is 9.67 Å². The van der Waals surface area contributed by atoms with Gasteiger partial charge in [0.2, 0.25) is 0 Å². The maximum Gasteiger partial charge on any atom is 0.107 e. The fourth-order valence-electron chi connectivity index (χ4n) is 3.58. The third-order valence-electron chi connectivity index (χ3n) is 5.37. The molecule has 0 atom stereocenters. The van der Waals surface area contributed by atoms with Crippen molar-refractivity contribution < 1.29 is 9.47 Å². The zero-order chi connectivity index (χ0) is 20.3. The van der Waals surface area contributed by atoms with Crippen molar-refractivity contribution in [1.82, 2.24) is 19.7 Å². The summed E-state index contributed by atoms with van der Waals surface area (Å²) in [6.45, 7) is 1.31. The minimum Gasteiger partial charge on any atom is -0.341 e. The molecule has 5 rings (SSSR count). The van der Waals surface area contributed by atoms with Gasteiger partial charge in [0.25, 0.3) is 0 Å². The lowest BCUT2D eigenvalue weighted by atomic mass is 10.2. The monoisotopic (exact) mass is 403 g/mol. The third kappa shape index (κ3) is 4.02. The van der Waals surface area contributed by atoms with E-state index < -0.39 is 0 Å². The van der Waals surface area contributed by atoms with Gasteiger partial charge >= 0.3 is 0 Å². The largest absolute Gasteiger partial charge is 0.341 e. The second-order valence-electron chi connectivity index (χ2n) is 7.62. The van der Waals surface area contributed by atoms with E-state index in [0.717, 1.165) is 40.4 Å². The van der Waals surface area contributed by atoms with Gasteiger partial charge in [0, 0.05) is 29.7 Å². The van der Waals surface area contributed by atoms with E-state index in [1.165, 1.54) is 18.5 Å². The average Bonchev–Trinajstić information content (AvgIpc) is 3.50. The molecule has 0 amide bonds. The van der Waals surface area contributed by atoms with E-state index in [1.54, 1.807) is 17.1 Å².